The lowest BCUT2D eigenvalue weighted by atomic mass is 10.2. The summed E-state index contributed by atoms with van der Waals surface area (Å²) < 4.78 is 9.91. The molecule has 1 aliphatic heterocycles. The van der Waals surface area contributed by atoms with Gasteiger partial charge in [0.2, 0.25) is 0 Å². The monoisotopic (exact) mass is 232 g/mol. The zero-order valence-electron chi connectivity index (χ0n) is 9.43. The predicted octanol–water partition coefficient (Wildman–Crippen LogP) is 2.29. The number of hydrogen-bond donors (Lipinski definition) is 0. The minimum absolute atomic E-state index is 0.187. The Morgan fingerprint density at radius 1 is 1.29 bits per heavy atom. The van der Waals surface area contributed by atoms with E-state index in [0.29, 0.717) is 24.4 Å². The molecule has 0 amide bonds. The second-order valence-electron chi connectivity index (χ2n) is 3.75. The maximum Gasteiger partial charge on any atom is 0.311 e. The molecule has 1 heterocycles. The summed E-state index contributed by atoms with van der Waals surface area (Å²) in [7, 11) is 0. The van der Waals surface area contributed by atoms with E-state index in [4.69, 9.17) is 9.47 Å². The fourth-order valence-electron chi connectivity index (χ4n) is 1.56. The lowest BCUT2D eigenvalue weighted by molar-refractivity contribution is -0.135. The molecule has 1 fully saturated rings. The van der Waals surface area contributed by atoms with Gasteiger partial charge in [0.1, 0.15) is 11.5 Å². The second-order valence-corrected chi connectivity index (χ2v) is 3.75. The molecule has 17 heavy (non-hydrogen) atoms. The smallest absolute Gasteiger partial charge is 0.311 e. The van der Waals surface area contributed by atoms with E-state index in [1.807, 2.05) is 6.08 Å². The van der Waals surface area contributed by atoms with Gasteiger partial charge in [0.25, 0.3) is 0 Å². The lowest BCUT2D eigenvalue weighted by Crippen LogP contribution is -2.00. The number of carbonyl (C=O) groups is 2. The highest BCUT2D eigenvalue weighted by Crippen LogP contribution is 2.21. The molecule has 0 aromatic heterocycles. The summed E-state index contributed by atoms with van der Waals surface area (Å²) in [5, 5.41) is 0. The van der Waals surface area contributed by atoms with E-state index in [-0.39, 0.29) is 11.9 Å². The first kappa shape index (κ1) is 11.4. The first-order chi connectivity index (χ1) is 8.13. The van der Waals surface area contributed by atoms with Crippen LogP contribution in [0.5, 0.6) is 5.75 Å². The van der Waals surface area contributed by atoms with Crippen LogP contribution in [0.25, 0.3) is 6.08 Å². The number of hydrogen-bond acceptors (Lipinski definition) is 4. The highest BCUT2D eigenvalue weighted by molar-refractivity contribution is 5.75. The number of ether oxygens (including phenoxy) is 2. The summed E-state index contributed by atoms with van der Waals surface area (Å²) in [6, 6.07) is 7.00. The Hall–Kier alpha value is -2.10. The van der Waals surface area contributed by atoms with Crippen molar-refractivity contribution in [3.63, 3.8) is 0 Å². The van der Waals surface area contributed by atoms with Crippen molar-refractivity contribution in [1.29, 1.82) is 0 Å². The Morgan fingerprint density at radius 3 is 2.53 bits per heavy atom. The van der Waals surface area contributed by atoms with E-state index in [2.05, 4.69) is 0 Å². The Morgan fingerprint density at radius 2 is 2.00 bits per heavy atom. The number of benzene rings is 1. The van der Waals surface area contributed by atoms with Crippen molar-refractivity contribution in [3.05, 3.63) is 35.6 Å². The minimum Gasteiger partial charge on any atom is -0.431 e. The zero-order chi connectivity index (χ0) is 12.3. The van der Waals surface area contributed by atoms with Crippen molar-refractivity contribution >= 4 is 18.0 Å². The van der Waals surface area contributed by atoms with Crippen LogP contribution >= 0.6 is 0 Å². The highest BCUT2D eigenvalue weighted by Gasteiger charge is 2.16. The predicted molar refractivity (Wildman–Crippen MR) is 61.1 cm³/mol. The van der Waals surface area contributed by atoms with Gasteiger partial charge in [-0.25, -0.2) is 0 Å². The maximum atomic E-state index is 10.9. The molecule has 2 rings (SSSR count). The molecular formula is C13H12O4. The van der Waals surface area contributed by atoms with Gasteiger partial charge in [-0.05, 0) is 23.8 Å². The molecule has 0 atom stereocenters. The van der Waals surface area contributed by atoms with E-state index in [9.17, 15) is 9.59 Å². The molecule has 1 aliphatic rings. The van der Waals surface area contributed by atoms with Crippen molar-refractivity contribution in [2.75, 3.05) is 0 Å². The second kappa shape index (κ2) is 4.82. The molecule has 0 unspecified atom stereocenters. The summed E-state index contributed by atoms with van der Waals surface area (Å²) >= 11 is 0. The zero-order valence-corrected chi connectivity index (χ0v) is 9.43. The van der Waals surface area contributed by atoms with Crippen molar-refractivity contribution in [2.24, 2.45) is 0 Å². The molecule has 4 nitrogen and oxygen atoms in total. The first-order valence-electron chi connectivity index (χ1n) is 5.33. The van der Waals surface area contributed by atoms with Crippen LogP contribution in [0.2, 0.25) is 0 Å². The third kappa shape index (κ3) is 3.17. The van der Waals surface area contributed by atoms with Gasteiger partial charge in [-0.2, -0.15) is 0 Å². The van der Waals surface area contributed by atoms with Crippen LogP contribution in [0.1, 0.15) is 25.3 Å². The van der Waals surface area contributed by atoms with Gasteiger partial charge in [0.05, 0.1) is 6.42 Å². The molecular weight excluding hydrogens is 220 g/mol. The van der Waals surface area contributed by atoms with Gasteiger partial charge in [-0.15, -0.1) is 0 Å². The van der Waals surface area contributed by atoms with Crippen molar-refractivity contribution in [1.82, 2.24) is 0 Å². The molecule has 0 radical (unpaired) electrons. The first-order valence-corrected chi connectivity index (χ1v) is 5.33. The quantitative estimate of drug-likeness (QED) is 0.580. The Kier molecular flexibility index (Phi) is 3.23. The SMILES string of the molecule is CC(=O)Oc1ccc(/C=C2\CCC(=O)O2)cc1. The van der Waals surface area contributed by atoms with Gasteiger partial charge in [0, 0.05) is 13.3 Å². The van der Waals surface area contributed by atoms with E-state index in [0.717, 1.165) is 5.56 Å². The van der Waals surface area contributed by atoms with Crippen LogP contribution in [-0.4, -0.2) is 11.9 Å². The molecule has 88 valence electrons. The summed E-state index contributed by atoms with van der Waals surface area (Å²) in [5.41, 5.74) is 0.908. The largest absolute Gasteiger partial charge is 0.431 e. The van der Waals surface area contributed by atoms with Gasteiger partial charge in [-0.1, -0.05) is 12.1 Å². The molecule has 0 bridgehead atoms. The molecule has 0 spiro atoms. The topological polar surface area (TPSA) is 52.6 Å². The van der Waals surface area contributed by atoms with Gasteiger partial charge in [-0.3, -0.25) is 9.59 Å². The van der Waals surface area contributed by atoms with Gasteiger partial charge in [0.15, 0.2) is 0 Å². The summed E-state index contributed by atoms with van der Waals surface area (Å²) in [4.78, 5) is 21.6. The van der Waals surface area contributed by atoms with Crippen molar-refractivity contribution in [2.45, 2.75) is 19.8 Å². The van der Waals surface area contributed by atoms with E-state index >= 15 is 0 Å². The molecule has 4 heteroatoms. The Bertz CT molecular complexity index is 471. The Balaban J connectivity index is 2.08. The maximum absolute atomic E-state index is 10.9. The van der Waals surface area contributed by atoms with Crippen LogP contribution < -0.4 is 4.74 Å². The van der Waals surface area contributed by atoms with Crippen molar-refractivity contribution in [3.8, 4) is 5.75 Å². The van der Waals surface area contributed by atoms with Crippen LogP contribution in [0.15, 0.2) is 30.0 Å². The molecule has 0 N–H and O–H groups in total. The van der Waals surface area contributed by atoms with Crippen LogP contribution in [0.3, 0.4) is 0 Å². The average Bonchev–Trinajstić information content (AvgIpc) is 2.66. The molecule has 0 aliphatic carbocycles. The van der Waals surface area contributed by atoms with E-state index in [1.165, 1.54) is 6.92 Å². The fraction of sp³-hybridized carbons (Fsp3) is 0.231. The number of cyclic esters (lactones) is 1. The number of carbonyl (C=O) groups excluding carboxylic acids is 2. The molecule has 1 saturated heterocycles. The highest BCUT2D eigenvalue weighted by atomic mass is 16.5. The van der Waals surface area contributed by atoms with Gasteiger partial charge >= 0.3 is 11.9 Å². The summed E-state index contributed by atoms with van der Waals surface area (Å²) in [5.74, 6) is 0.645. The standard InChI is InChI=1S/C13H12O4/c1-9(14)16-11-4-2-10(3-5-11)8-12-6-7-13(15)17-12/h2-5,8H,6-7H2,1H3/b12-8+. The summed E-state index contributed by atoms with van der Waals surface area (Å²) in [6.45, 7) is 1.36. The van der Waals surface area contributed by atoms with Crippen LogP contribution in [0, 0.1) is 0 Å². The van der Waals surface area contributed by atoms with Crippen LogP contribution in [-0.2, 0) is 14.3 Å². The summed E-state index contributed by atoms with van der Waals surface area (Å²) in [6.07, 6.45) is 2.89. The fourth-order valence-corrected chi connectivity index (χ4v) is 1.56. The van der Waals surface area contributed by atoms with E-state index < -0.39 is 0 Å². The minimum atomic E-state index is -0.346. The molecule has 1 aromatic carbocycles. The third-order valence-electron chi connectivity index (χ3n) is 2.29. The average molecular weight is 232 g/mol. The number of allylic oxidation sites excluding steroid dienone is 1. The third-order valence-corrected chi connectivity index (χ3v) is 2.29. The normalized spacial score (nSPS) is 17.0. The van der Waals surface area contributed by atoms with Gasteiger partial charge < -0.3 is 9.47 Å². The molecule has 0 saturated carbocycles. The molecule has 1 aromatic rings. The number of esters is 2. The van der Waals surface area contributed by atoms with E-state index in [1.54, 1.807) is 24.3 Å². The lowest BCUT2D eigenvalue weighted by Gasteiger charge is -2.01. The van der Waals surface area contributed by atoms with Crippen LogP contribution in [0.4, 0.5) is 0 Å². The van der Waals surface area contributed by atoms with Crippen molar-refractivity contribution < 1.29 is 19.1 Å². The Labute approximate surface area is 98.8 Å². The number of rotatable bonds is 2.